The molecule has 0 spiro atoms. The zero-order chi connectivity index (χ0) is 14.5. The molecule has 0 bridgehead atoms. The van der Waals surface area contributed by atoms with Gasteiger partial charge in [-0.3, -0.25) is 4.90 Å². The Bertz CT molecular complexity index is 428. The van der Waals surface area contributed by atoms with Gasteiger partial charge in [0.1, 0.15) is 11.9 Å². The number of piperidine rings is 1. The van der Waals surface area contributed by atoms with Crippen molar-refractivity contribution in [3.8, 4) is 5.75 Å². The summed E-state index contributed by atoms with van der Waals surface area (Å²) in [5.41, 5.74) is 1.96. The monoisotopic (exact) mass is 281 g/mol. The molecular weight excluding hydrogens is 257 g/mol. The van der Waals surface area contributed by atoms with Gasteiger partial charge in [-0.15, -0.1) is 0 Å². The van der Waals surface area contributed by atoms with Crippen LogP contribution in [-0.4, -0.2) is 35.4 Å². The highest BCUT2D eigenvalue weighted by molar-refractivity contribution is 5.37. The first-order chi connectivity index (χ1) is 9.58. The molecule has 0 amide bonds. The molecule has 1 aromatic rings. The maximum atomic E-state index is 13.1. The minimum absolute atomic E-state index is 0.0253. The highest BCUT2D eigenvalue weighted by atomic mass is 19.1. The van der Waals surface area contributed by atoms with Gasteiger partial charge < -0.3 is 9.84 Å². The van der Waals surface area contributed by atoms with Crippen molar-refractivity contribution in [3.05, 3.63) is 29.3 Å². The molecule has 1 N–H and O–H groups in total. The van der Waals surface area contributed by atoms with Crippen molar-refractivity contribution in [2.75, 3.05) is 13.1 Å². The van der Waals surface area contributed by atoms with Crippen LogP contribution >= 0.6 is 0 Å². The van der Waals surface area contributed by atoms with Gasteiger partial charge in [-0.05, 0) is 44.4 Å². The number of nitrogens with zero attached hydrogens (tertiary/aromatic N) is 1. The van der Waals surface area contributed by atoms with Crippen LogP contribution in [0.15, 0.2) is 18.2 Å². The van der Waals surface area contributed by atoms with E-state index in [1.807, 2.05) is 32.0 Å². The van der Waals surface area contributed by atoms with E-state index in [0.717, 1.165) is 36.5 Å². The normalized spacial score (nSPS) is 17.6. The summed E-state index contributed by atoms with van der Waals surface area (Å²) < 4.78 is 18.8. The Morgan fingerprint density at radius 3 is 2.65 bits per heavy atom. The van der Waals surface area contributed by atoms with Crippen LogP contribution in [0.2, 0.25) is 0 Å². The van der Waals surface area contributed by atoms with Crippen LogP contribution in [-0.2, 0) is 13.2 Å². The summed E-state index contributed by atoms with van der Waals surface area (Å²) in [6, 6.07) is 5.93. The van der Waals surface area contributed by atoms with Crippen molar-refractivity contribution >= 4 is 0 Å². The van der Waals surface area contributed by atoms with Crippen LogP contribution in [0.3, 0.4) is 0 Å². The highest BCUT2D eigenvalue weighted by Crippen LogP contribution is 2.23. The molecule has 0 unspecified atom stereocenters. The lowest BCUT2D eigenvalue weighted by molar-refractivity contribution is 0.145. The number of ether oxygens (including phenoxy) is 1. The van der Waals surface area contributed by atoms with Crippen LogP contribution in [0.4, 0.5) is 4.39 Å². The minimum atomic E-state index is -0.638. The SMILES string of the molecule is CC(C)Oc1ccc(CN2CCC(F)CC2)cc1CO. The lowest BCUT2D eigenvalue weighted by Gasteiger charge is -2.28. The van der Waals surface area contributed by atoms with Crippen LogP contribution < -0.4 is 4.74 Å². The number of aliphatic hydroxyl groups is 1. The summed E-state index contributed by atoms with van der Waals surface area (Å²) >= 11 is 0. The van der Waals surface area contributed by atoms with Crippen molar-refractivity contribution in [2.24, 2.45) is 0 Å². The molecule has 2 rings (SSSR count). The number of hydrogen-bond donors (Lipinski definition) is 1. The van der Waals surface area contributed by atoms with E-state index in [2.05, 4.69) is 4.90 Å². The number of likely N-dealkylation sites (tertiary alicyclic amines) is 1. The van der Waals surface area contributed by atoms with E-state index in [0.29, 0.717) is 12.8 Å². The molecule has 1 heterocycles. The van der Waals surface area contributed by atoms with E-state index in [1.165, 1.54) is 0 Å². The number of benzene rings is 1. The summed E-state index contributed by atoms with van der Waals surface area (Å²) in [7, 11) is 0. The van der Waals surface area contributed by atoms with Gasteiger partial charge in [0.05, 0.1) is 12.7 Å². The van der Waals surface area contributed by atoms with Gasteiger partial charge >= 0.3 is 0 Å². The second kappa shape index (κ2) is 7.04. The number of halogens is 1. The molecule has 1 aliphatic heterocycles. The first-order valence-electron chi connectivity index (χ1n) is 7.34. The largest absolute Gasteiger partial charge is 0.491 e. The molecule has 0 atom stereocenters. The number of alkyl halides is 1. The molecule has 1 fully saturated rings. The van der Waals surface area contributed by atoms with Crippen LogP contribution in [0.25, 0.3) is 0 Å². The topological polar surface area (TPSA) is 32.7 Å². The third kappa shape index (κ3) is 4.18. The molecule has 3 nitrogen and oxygen atoms in total. The lowest BCUT2D eigenvalue weighted by Crippen LogP contribution is -2.33. The van der Waals surface area contributed by atoms with Crippen LogP contribution in [0.5, 0.6) is 5.75 Å². The minimum Gasteiger partial charge on any atom is -0.491 e. The Kier molecular flexibility index (Phi) is 5.38. The number of rotatable bonds is 5. The second-order valence-electron chi connectivity index (χ2n) is 5.72. The smallest absolute Gasteiger partial charge is 0.125 e. The first kappa shape index (κ1) is 15.3. The van der Waals surface area contributed by atoms with Gasteiger partial charge in [0.25, 0.3) is 0 Å². The van der Waals surface area contributed by atoms with E-state index < -0.39 is 6.17 Å². The second-order valence-corrected chi connectivity index (χ2v) is 5.72. The van der Waals surface area contributed by atoms with E-state index in [4.69, 9.17) is 4.74 Å². The molecule has 0 aromatic heterocycles. The van der Waals surface area contributed by atoms with Crippen molar-refractivity contribution < 1.29 is 14.2 Å². The summed E-state index contributed by atoms with van der Waals surface area (Å²) in [5.74, 6) is 0.744. The molecule has 0 radical (unpaired) electrons. The maximum absolute atomic E-state index is 13.1. The summed E-state index contributed by atoms with van der Waals surface area (Å²) in [5, 5.41) is 9.45. The Labute approximate surface area is 120 Å². The van der Waals surface area contributed by atoms with Crippen molar-refractivity contribution in [3.63, 3.8) is 0 Å². The number of aliphatic hydroxyl groups excluding tert-OH is 1. The average molecular weight is 281 g/mol. The molecule has 112 valence electrons. The van der Waals surface area contributed by atoms with E-state index >= 15 is 0 Å². The molecular formula is C16H24FNO2. The zero-order valence-electron chi connectivity index (χ0n) is 12.3. The van der Waals surface area contributed by atoms with Gasteiger partial charge in [-0.2, -0.15) is 0 Å². The molecule has 1 aromatic carbocycles. The molecule has 20 heavy (non-hydrogen) atoms. The Hall–Kier alpha value is -1.13. The molecule has 4 heteroatoms. The molecule has 0 saturated carbocycles. The predicted octanol–water partition coefficient (Wildman–Crippen LogP) is 2.90. The van der Waals surface area contributed by atoms with Crippen LogP contribution in [0.1, 0.15) is 37.8 Å². The van der Waals surface area contributed by atoms with Crippen molar-refractivity contribution in [2.45, 2.75) is 52.1 Å². The van der Waals surface area contributed by atoms with E-state index in [1.54, 1.807) is 0 Å². The Balaban J connectivity index is 2.02. The van der Waals surface area contributed by atoms with Gasteiger partial charge in [-0.1, -0.05) is 6.07 Å². The van der Waals surface area contributed by atoms with Crippen LogP contribution in [0, 0.1) is 0 Å². The Morgan fingerprint density at radius 2 is 2.05 bits per heavy atom. The van der Waals surface area contributed by atoms with Gasteiger partial charge in [0.2, 0.25) is 0 Å². The standard InChI is InChI=1S/C16H24FNO2/c1-12(2)20-16-4-3-13(9-14(16)11-19)10-18-7-5-15(17)6-8-18/h3-4,9,12,15,19H,5-8,10-11H2,1-2H3. The first-order valence-corrected chi connectivity index (χ1v) is 7.34. The van der Waals surface area contributed by atoms with Gasteiger partial charge in [0, 0.05) is 25.2 Å². The molecule has 0 aliphatic carbocycles. The highest BCUT2D eigenvalue weighted by Gasteiger charge is 2.18. The predicted molar refractivity (Wildman–Crippen MR) is 77.5 cm³/mol. The lowest BCUT2D eigenvalue weighted by atomic mass is 10.1. The fourth-order valence-electron chi connectivity index (χ4n) is 2.54. The Morgan fingerprint density at radius 1 is 1.35 bits per heavy atom. The molecule has 1 saturated heterocycles. The fourth-order valence-corrected chi connectivity index (χ4v) is 2.54. The number of hydrogen-bond acceptors (Lipinski definition) is 3. The zero-order valence-corrected chi connectivity index (χ0v) is 12.3. The summed E-state index contributed by atoms with van der Waals surface area (Å²) in [4.78, 5) is 2.26. The van der Waals surface area contributed by atoms with Crippen molar-refractivity contribution in [1.82, 2.24) is 4.90 Å². The third-order valence-corrected chi connectivity index (χ3v) is 3.58. The van der Waals surface area contributed by atoms with Crippen molar-refractivity contribution in [1.29, 1.82) is 0 Å². The fraction of sp³-hybridized carbons (Fsp3) is 0.625. The summed E-state index contributed by atoms with van der Waals surface area (Å²) in [6.07, 6.45) is 0.707. The van der Waals surface area contributed by atoms with Gasteiger partial charge in [0.15, 0.2) is 0 Å². The quantitative estimate of drug-likeness (QED) is 0.901. The third-order valence-electron chi connectivity index (χ3n) is 3.58. The summed E-state index contributed by atoms with van der Waals surface area (Å²) in [6.45, 7) is 6.33. The maximum Gasteiger partial charge on any atom is 0.125 e. The van der Waals surface area contributed by atoms with E-state index in [9.17, 15) is 9.50 Å². The molecule has 1 aliphatic rings. The van der Waals surface area contributed by atoms with E-state index in [-0.39, 0.29) is 12.7 Å². The van der Waals surface area contributed by atoms with Gasteiger partial charge in [-0.25, -0.2) is 4.39 Å². The average Bonchev–Trinajstić information content (AvgIpc) is 2.42.